The highest BCUT2D eigenvalue weighted by Crippen LogP contribution is 2.46. The topological polar surface area (TPSA) is 4.93 Å². The molecule has 166 valence electrons. The van der Waals surface area contributed by atoms with Crippen molar-refractivity contribution in [1.82, 2.24) is 4.57 Å². The molecule has 33 heavy (non-hydrogen) atoms. The molecule has 0 unspecified atom stereocenters. The Hall–Kier alpha value is -3.67. The lowest BCUT2D eigenvalue weighted by Crippen LogP contribution is -2.15. The van der Waals surface area contributed by atoms with Crippen LogP contribution in [0, 0.1) is 0 Å². The molecule has 4 aromatic carbocycles. The van der Waals surface area contributed by atoms with Gasteiger partial charge in [0.25, 0.3) is 5.92 Å². The van der Waals surface area contributed by atoms with Crippen molar-refractivity contribution >= 4 is 21.8 Å². The van der Waals surface area contributed by atoms with Gasteiger partial charge < -0.3 is 4.57 Å². The third-order valence-corrected chi connectivity index (χ3v) is 5.84. The third-order valence-electron chi connectivity index (χ3n) is 5.84. The van der Waals surface area contributed by atoms with Gasteiger partial charge in [0, 0.05) is 34.4 Å². The van der Waals surface area contributed by atoms with E-state index in [2.05, 4.69) is 0 Å². The lowest BCUT2D eigenvalue weighted by molar-refractivity contribution is -0.137. The second-order valence-corrected chi connectivity index (χ2v) is 8.00. The average molecular weight is 451 g/mol. The number of hydrogen-bond donors (Lipinski definition) is 0. The van der Waals surface area contributed by atoms with Gasteiger partial charge in [-0.25, -0.2) is 8.78 Å². The first-order chi connectivity index (χ1) is 15.7. The summed E-state index contributed by atoms with van der Waals surface area (Å²) in [4.78, 5) is 0. The van der Waals surface area contributed by atoms with Gasteiger partial charge in [0.15, 0.2) is 0 Å². The number of aromatic nitrogens is 1. The second kappa shape index (κ2) is 7.44. The van der Waals surface area contributed by atoms with E-state index in [1.54, 1.807) is 18.2 Å². The zero-order valence-corrected chi connectivity index (χ0v) is 17.5. The van der Waals surface area contributed by atoms with Crippen LogP contribution in [0.1, 0.15) is 18.1 Å². The summed E-state index contributed by atoms with van der Waals surface area (Å²) in [5.41, 5.74) is -0.207. The van der Waals surface area contributed by atoms with Gasteiger partial charge in [-0.15, -0.1) is 0 Å². The maximum absolute atomic E-state index is 14.6. The Balaban J connectivity index is 1.93. The Kier molecular flexibility index (Phi) is 4.78. The van der Waals surface area contributed by atoms with Crippen molar-refractivity contribution in [2.24, 2.45) is 0 Å². The number of benzene rings is 4. The molecule has 0 atom stereocenters. The Morgan fingerprint density at radius 2 is 1.09 bits per heavy atom. The Morgan fingerprint density at radius 3 is 1.67 bits per heavy atom. The zero-order valence-electron chi connectivity index (χ0n) is 17.5. The van der Waals surface area contributed by atoms with E-state index in [4.69, 9.17) is 0 Å². The highest BCUT2D eigenvalue weighted by atomic mass is 19.4. The predicted octanol–water partition coefficient (Wildman–Crippen LogP) is 8.58. The van der Waals surface area contributed by atoms with Gasteiger partial charge in [-0.1, -0.05) is 66.7 Å². The number of hydrogen-bond acceptors (Lipinski definition) is 0. The Bertz CT molecular complexity index is 1400. The van der Waals surface area contributed by atoms with Crippen molar-refractivity contribution < 1.29 is 22.0 Å². The summed E-state index contributed by atoms with van der Waals surface area (Å²) in [5, 5.41) is 1.85. The molecule has 5 aromatic rings. The molecule has 0 bridgehead atoms. The molecule has 0 saturated heterocycles. The van der Waals surface area contributed by atoms with Crippen molar-refractivity contribution in [3.63, 3.8) is 0 Å². The van der Waals surface area contributed by atoms with Gasteiger partial charge in [0.1, 0.15) is 0 Å². The van der Waals surface area contributed by atoms with Gasteiger partial charge in [0.2, 0.25) is 0 Å². The molecule has 0 aliphatic carbocycles. The summed E-state index contributed by atoms with van der Waals surface area (Å²) in [5.74, 6) is -3.47. The first-order valence-electron chi connectivity index (χ1n) is 10.3. The molecule has 0 N–H and O–H groups in total. The van der Waals surface area contributed by atoms with E-state index in [0.29, 0.717) is 12.6 Å². The molecule has 0 spiro atoms. The van der Waals surface area contributed by atoms with Crippen LogP contribution in [-0.4, -0.2) is 4.57 Å². The van der Waals surface area contributed by atoms with Gasteiger partial charge >= 0.3 is 6.18 Å². The molecule has 1 aromatic heterocycles. The van der Waals surface area contributed by atoms with Crippen molar-refractivity contribution in [1.29, 1.82) is 0 Å². The fourth-order valence-corrected chi connectivity index (χ4v) is 4.51. The largest absolute Gasteiger partial charge is 0.417 e. The van der Waals surface area contributed by atoms with E-state index in [9.17, 15) is 22.0 Å². The minimum Gasteiger partial charge on any atom is -0.309 e. The van der Waals surface area contributed by atoms with E-state index < -0.39 is 28.8 Å². The summed E-state index contributed by atoms with van der Waals surface area (Å²) in [6.07, 6.45) is -4.80. The van der Waals surface area contributed by atoms with E-state index in [0.717, 1.165) is 40.0 Å². The number of alkyl halides is 5. The van der Waals surface area contributed by atoms with E-state index in [1.807, 2.05) is 53.1 Å². The van der Waals surface area contributed by atoms with Crippen LogP contribution < -0.4 is 0 Å². The highest BCUT2D eigenvalue weighted by molar-refractivity contribution is 6.09. The smallest absolute Gasteiger partial charge is 0.309 e. The fourth-order valence-electron chi connectivity index (χ4n) is 4.51. The van der Waals surface area contributed by atoms with Gasteiger partial charge in [-0.2, -0.15) is 13.2 Å². The van der Waals surface area contributed by atoms with Gasteiger partial charge in [-0.05, 0) is 24.3 Å². The highest BCUT2D eigenvalue weighted by Gasteiger charge is 2.39. The molecule has 0 radical (unpaired) electrons. The molecule has 0 fully saturated rings. The number of para-hydroxylation sites is 3. The van der Waals surface area contributed by atoms with Crippen LogP contribution in [0.5, 0.6) is 0 Å². The summed E-state index contributed by atoms with van der Waals surface area (Å²) < 4.78 is 73.1. The van der Waals surface area contributed by atoms with Crippen LogP contribution in [-0.2, 0) is 12.1 Å². The molecule has 6 heteroatoms. The lowest BCUT2D eigenvalue weighted by Gasteiger charge is -2.23. The standard InChI is InChI=1S/C27H18F5N/c1-26(28,29)20-12-8-13-21(27(30,31)32)25(20)19-11-4-7-16-24(19)33-22-14-5-2-9-17(22)18-10-3-6-15-23(18)33/h2-16H,1H3. The van der Waals surface area contributed by atoms with Crippen LogP contribution in [0.15, 0.2) is 91.0 Å². The summed E-state index contributed by atoms with van der Waals surface area (Å²) in [7, 11) is 0. The zero-order chi connectivity index (χ0) is 23.4. The van der Waals surface area contributed by atoms with E-state index in [1.165, 1.54) is 6.07 Å². The van der Waals surface area contributed by atoms with Crippen LogP contribution >= 0.6 is 0 Å². The number of rotatable bonds is 3. The van der Waals surface area contributed by atoms with Crippen molar-refractivity contribution in [2.45, 2.75) is 19.0 Å². The summed E-state index contributed by atoms with van der Waals surface area (Å²) in [6, 6.07) is 24.4. The monoisotopic (exact) mass is 451 g/mol. The molecular weight excluding hydrogens is 433 g/mol. The summed E-state index contributed by atoms with van der Waals surface area (Å²) >= 11 is 0. The van der Waals surface area contributed by atoms with Crippen molar-refractivity contribution in [3.05, 3.63) is 102 Å². The minimum atomic E-state index is -4.80. The average Bonchev–Trinajstić information content (AvgIpc) is 3.12. The number of nitrogens with zero attached hydrogens (tertiary/aromatic N) is 1. The SMILES string of the molecule is CC(F)(F)c1cccc(C(F)(F)F)c1-c1ccccc1-n1c2ccccc2c2ccccc21. The maximum atomic E-state index is 14.6. The van der Waals surface area contributed by atoms with E-state index >= 15 is 0 Å². The maximum Gasteiger partial charge on any atom is 0.417 e. The molecule has 0 amide bonds. The normalized spacial score (nSPS) is 12.5. The first-order valence-corrected chi connectivity index (χ1v) is 10.3. The quantitative estimate of drug-likeness (QED) is 0.242. The van der Waals surface area contributed by atoms with Gasteiger partial charge in [0.05, 0.1) is 22.3 Å². The van der Waals surface area contributed by atoms with Gasteiger partial charge in [-0.3, -0.25) is 0 Å². The molecule has 0 saturated carbocycles. The second-order valence-electron chi connectivity index (χ2n) is 8.00. The first kappa shape index (κ1) is 21.2. The van der Waals surface area contributed by atoms with Crippen LogP contribution in [0.2, 0.25) is 0 Å². The number of fused-ring (bicyclic) bond motifs is 3. The lowest BCUT2D eigenvalue weighted by atomic mass is 9.90. The van der Waals surface area contributed by atoms with Crippen LogP contribution in [0.3, 0.4) is 0 Å². The van der Waals surface area contributed by atoms with Crippen LogP contribution in [0.4, 0.5) is 22.0 Å². The Labute approximate surface area is 186 Å². The fraction of sp³-hybridized carbons (Fsp3) is 0.111. The third kappa shape index (κ3) is 3.46. The van der Waals surface area contributed by atoms with Crippen molar-refractivity contribution in [2.75, 3.05) is 0 Å². The molecule has 0 aliphatic heterocycles. The van der Waals surface area contributed by atoms with Crippen molar-refractivity contribution in [3.8, 4) is 16.8 Å². The molecule has 1 heterocycles. The summed E-state index contributed by atoms with van der Waals surface area (Å²) in [6.45, 7) is 0.620. The van der Waals surface area contributed by atoms with E-state index in [-0.39, 0.29) is 5.56 Å². The molecule has 0 aliphatic rings. The Morgan fingerprint density at radius 1 is 0.576 bits per heavy atom. The minimum absolute atomic E-state index is 0.0912. The molecule has 5 rings (SSSR count). The number of halogens is 5. The predicted molar refractivity (Wildman–Crippen MR) is 121 cm³/mol. The molecule has 1 nitrogen and oxygen atoms in total. The van der Waals surface area contributed by atoms with Crippen LogP contribution in [0.25, 0.3) is 38.6 Å². The molecular formula is C27H18F5N.